The van der Waals surface area contributed by atoms with Gasteiger partial charge in [-0.15, -0.1) is 0 Å². The number of rotatable bonds is 4. The molecule has 1 N–H and O–H groups in total. The van der Waals surface area contributed by atoms with E-state index in [9.17, 15) is 0 Å². The van der Waals surface area contributed by atoms with E-state index in [2.05, 4.69) is 69.3 Å². The van der Waals surface area contributed by atoms with Crippen LogP contribution in [0, 0.1) is 0 Å². The minimum atomic E-state index is 0.454. The van der Waals surface area contributed by atoms with Gasteiger partial charge in [0.25, 0.3) is 0 Å². The lowest BCUT2D eigenvalue weighted by Gasteiger charge is -2.13. The van der Waals surface area contributed by atoms with Crippen LogP contribution in [-0.2, 0) is 6.42 Å². The van der Waals surface area contributed by atoms with Crippen LogP contribution >= 0.6 is 27.3 Å². The Labute approximate surface area is 109 Å². The lowest BCUT2D eigenvalue weighted by molar-refractivity contribution is 0.791. The molecule has 0 aliphatic carbocycles. The maximum atomic E-state index is 3.48. The standard InChI is InChI=1S/C13H14BrNS/c1-10(15-13-6-7-16-9-13)8-11-2-4-12(14)5-3-11/h2-7,9-10,15H,8H2,1H3. The lowest BCUT2D eigenvalue weighted by Crippen LogP contribution is -2.17. The van der Waals surface area contributed by atoms with Crippen LogP contribution in [0.2, 0.25) is 0 Å². The van der Waals surface area contributed by atoms with Crippen LogP contribution in [0.4, 0.5) is 5.69 Å². The SMILES string of the molecule is CC(Cc1ccc(Br)cc1)Nc1ccsc1. The van der Waals surface area contributed by atoms with Gasteiger partial charge in [0.2, 0.25) is 0 Å². The van der Waals surface area contributed by atoms with Crippen LogP contribution in [0.5, 0.6) is 0 Å². The van der Waals surface area contributed by atoms with Crippen molar-refractivity contribution in [3.05, 3.63) is 51.1 Å². The van der Waals surface area contributed by atoms with E-state index in [-0.39, 0.29) is 0 Å². The molecule has 0 aliphatic heterocycles. The first-order valence-corrected chi connectivity index (χ1v) is 7.01. The van der Waals surface area contributed by atoms with Crippen LogP contribution in [0.25, 0.3) is 0 Å². The molecule has 84 valence electrons. The van der Waals surface area contributed by atoms with Gasteiger partial charge in [0, 0.05) is 21.6 Å². The summed E-state index contributed by atoms with van der Waals surface area (Å²) in [7, 11) is 0. The Morgan fingerprint density at radius 3 is 2.62 bits per heavy atom. The second kappa shape index (κ2) is 5.51. The van der Waals surface area contributed by atoms with Crippen molar-refractivity contribution in [1.29, 1.82) is 0 Å². The monoisotopic (exact) mass is 295 g/mol. The molecule has 0 spiro atoms. The van der Waals surface area contributed by atoms with Gasteiger partial charge in [-0.3, -0.25) is 0 Å². The van der Waals surface area contributed by atoms with Crippen LogP contribution in [0.1, 0.15) is 12.5 Å². The number of benzene rings is 1. The zero-order chi connectivity index (χ0) is 11.4. The van der Waals surface area contributed by atoms with Gasteiger partial charge in [0.15, 0.2) is 0 Å². The number of anilines is 1. The van der Waals surface area contributed by atoms with E-state index in [1.165, 1.54) is 11.3 Å². The number of hydrogen-bond donors (Lipinski definition) is 1. The zero-order valence-corrected chi connectivity index (χ0v) is 11.5. The number of nitrogens with one attached hydrogen (secondary N) is 1. The maximum Gasteiger partial charge on any atom is 0.0450 e. The second-order valence-corrected chi connectivity index (χ2v) is 5.58. The fourth-order valence-corrected chi connectivity index (χ4v) is 2.52. The molecule has 0 fully saturated rings. The quantitative estimate of drug-likeness (QED) is 0.872. The maximum absolute atomic E-state index is 3.48. The van der Waals surface area contributed by atoms with Crippen molar-refractivity contribution in [2.24, 2.45) is 0 Å². The summed E-state index contributed by atoms with van der Waals surface area (Å²) in [5.74, 6) is 0. The smallest absolute Gasteiger partial charge is 0.0450 e. The molecule has 1 heterocycles. The van der Waals surface area contributed by atoms with E-state index in [1.807, 2.05) is 0 Å². The Kier molecular flexibility index (Phi) is 4.02. The Hall–Kier alpha value is -0.800. The third-order valence-electron chi connectivity index (χ3n) is 2.39. The van der Waals surface area contributed by atoms with Gasteiger partial charge < -0.3 is 5.32 Å². The molecule has 1 aromatic heterocycles. The van der Waals surface area contributed by atoms with E-state index in [0.717, 1.165) is 10.9 Å². The first-order chi connectivity index (χ1) is 7.74. The molecule has 1 unspecified atom stereocenters. The molecule has 0 radical (unpaired) electrons. The number of hydrogen-bond acceptors (Lipinski definition) is 2. The van der Waals surface area contributed by atoms with Gasteiger partial charge in [-0.25, -0.2) is 0 Å². The van der Waals surface area contributed by atoms with Crippen molar-refractivity contribution in [2.75, 3.05) is 5.32 Å². The predicted molar refractivity (Wildman–Crippen MR) is 75.2 cm³/mol. The summed E-state index contributed by atoms with van der Waals surface area (Å²) in [4.78, 5) is 0. The van der Waals surface area contributed by atoms with Gasteiger partial charge in [-0.2, -0.15) is 11.3 Å². The molecule has 1 atom stereocenters. The van der Waals surface area contributed by atoms with Crippen LogP contribution in [0.15, 0.2) is 45.6 Å². The van der Waals surface area contributed by atoms with E-state index in [4.69, 9.17) is 0 Å². The highest BCUT2D eigenvalue weighted by Crippen LogP contribution is 2.16. The van der Waals surface area contributed by atoms with Gasteiger partial charge in [0.1, 0.15) is 0 Å². The van der Waals surface area contributed by atoms with Crippen LogP contribution in [-0.4, -0.2) is 6.04 Å². The first-order valence-electron chi connectivity index (χ1n) is 5.27. The summed E-state index contributed by atoms with van der Waals surface area (Å²) in [5.41, 5.74) is 2.58. The van der Waals surface area contributed by atoms with Crippen molar-refractivity contribution < 1.29 is 0 Å². The molecular formula is C13H14BrNS. The Bertz CT molecular complexity index is 422. The largest absolute Gasteiger partial charge is 0.382 e. The number of thiophene rings is 1. The molecule has 2 rings (SSSR count). The highest BCUT2D eigenvalue weighted by atomic mass is 79.9. The minimum Gasteiger partial charge on any atom is -0.382 e. The molecule has 0 saturated carbocycles. The van der Waals surface area contributed by atoms with Gasteiger partial charge in [-0.1, -0.05) is 28.1 Å². The summed E-state index contributed by atoms with van der Waals surface area (Å²) in [6.07, 6.45) is 1.04. The Morgan fingerprint density at radius 2 is 2.00 bits per heavy atom. The molecular weight excluding hydrogens is 282 g/mol. The molecule has 3 heteroatoms. The summed E-state index contributed by atoms with van der Waals surface area (Å²) < 4.78 is 1.13. The molecule has 0 bridgehead atoms. The molecule has 16 heavy (non-hydrogen) atoms. The summed E-state index contributed by atoms with van der Waals surface area (Å²) in [6, 6.07) is 11.1. The van der Waals surface area contributed by atoms with Crippen LogP contribution < -0.4 is 5.32 Å². The topological polar surface area (TPSA) is 12.0 Å². The van der Waals surface area contributed by atoms with Crippen LogP contribution in [0.3, 0.4) is 0 Å². The Balaban J connectivity index is 1.92. The van der Waals surface area contributed by atoms with Gasteiger partial charge >= 0.3 is 0 Å². The normalized spacial score (nSPS) is 12.4. The fraction of sp³-hybridized carbons (Fsp3) is 0.231. The lowest BCUT2D eigenvalue weighted by atomic mass is 10.1. The first kappa shape index (κ1) is 11.7. The van der Waals surface area contributed by atoms with E-state index in [1.54, 1.807) is 11.3 Å². The predicted octanol–water partition coefficient (Wildman–Crippen LogP) is 4.55. The van der Waals surface area contributed by atoms with Crippen molar-refractivity contribution in [3.63, 3.8) is 0 Å². The van der Waals surface area contributed by atoms with Gasteiger partial charge in [0.05, 0.1) is 0 Å². The third kappa shape index (κ3) is 3.35. The Morgan fingerprint density at radius 1 is 1.25 bits per heavy atom. The van der Waals surface area contributed by atoms with E-state index >= 15 is 0 Å². The molecule has 0 saturated heterocycles. The average molecular weight is 296 g/mol. The summed E-state index contributed by atoms with van der Waals surface area (Å²) in [5, 5.41) is 7.71. The second-order valence-electron chi connectivity index (χ2n) is 3.89. The minimum absolute atomic E-state index is 0.454. The summed E-state index contributed by atoms with van der Waals surface area (Å²) in [6.45, 7) is 2.21. The molecule has 1 aromatic carbocycles. The average Bonchev–Trinajstić information content (AvgIpc) is 2.74. The molecule has 0 aliphatic rings. The third-order valence-corrected chi connectivity index (χ3v) is 3.60. The molecule has 0 amide bonds. The fourth-order valence-electron chi connectivity index (χ4n) is 1.66. The van der Waals surface area contributed by atoms with Crippen molar-refractivity contribution in [2.45, 2.75) is 19.4 Å². The van der Waals surface area contributed by atoms with Gasteiger partial charge in [-0.05, 0) is 42.5 Å². The highest BCUT2D eigenvalue weighted by molar-refractivity contribution is 9.10. The summed E-state index contributed by atoms with van der Waals surface area (Å²) >= 11 is 5.17. The van der Waals surface area contributed by atoms with Crippen molar-refractivity contribution in [1.82, 2.24) is 0 Å². The highest BCUT2D eigenvalue weighted by Gasteiger charge is 2.03. The zero-order valence-electron chi connectivity index (χ0n) is 9.11. The molecule has 1 nitrogen and oxygen atoms in total. The molecule has 2 aromatic rings. The van der Waals surface area contributed by atoms with E-state index in [0.29, 0.717) is 6.04 Å². The van der Waals surface area contributed by atoms with E-state index < -0.39 is 0 Å². The van der Waals surface area contributed by atoms with Crippen molar-refractivity contribution >= 4 is 33.0 Å². The number of halogens is 1. The van der Waals surface area contributed by atoms with Crippen molar-refractivity contribution in [3.8, 4) is 0 Å².